The van der Waals surface area contributed by atoms with Gasteiger partial charge in [0.05, 0.1) is 17.3 Å². The van der Waals surface area contributed by atoms with E-state index in [9.17, 15) is 4.79 Å². The third-order valence-electron chi connectivity index (χ3n) is 4.06. The molecule has 0 atom stereocenters. The van der Waals surface area contributed by atoms with Gasteiger partial charge in [0.25, 0.3) is 0 Å². The van der Waals surface area contributed by atoms with Gasteiger partial charge in [-0.2, -0.15) is 0 Å². The fourth-order valence-corrected chi connectivity index (χ4v) is 2.33. The zero-order valence-electron chi connectivity index (χ0n) is 13.2. The molecule has 2 aromatic rings. The van der Waals surface area contributed by atoms with Gasteiger partial charge in [0.2, 0.25) is 0 Å². The van der Waals surface area contributed by atoms with E-state index in [1.54, 1.807) is 30.6 Å². The molecule has 5 nitrogen and oxygen atoms in total. The summed E-state index contributed by atoms with van der Waals surface area (Å²) in [5, 5.41) is 12.3. The Bertz CT molecular complexity index is 706. The van der Waals surface area contributed by atoms with Crippen molar-refractivity contribution in [3.05, 3.63) is 48.3 Å². The first-order valence-electron chi connectivity index (χ1n) is 7.22. The largest absolute Gasteiger partial charge is 0.490 e. The first-order valence-corrected chi connectivity index (χ1v) is 7.22. The number of aromatic nitrogens is 1. The summed E-state index contributed by atoms with van der Waals surface area (Å²) in [5.41, 5.74) is 2.03. The number of nitrogens with one attached hydrogen (secondary N) is 1. The zero-order chi connectivity index (χ0) is 15.6. The van der Waals surface area contributed by atoms with Crippen molar-refractivity contribution in [1.29, 1.82) is 0 Å². The van der Waals surface area contributed by atoms with Crippen LogP contribution in [0, 0.1) is 0 Å². The number of nitrogens with zero attached hydrogens (tertiary/aromatic N) is 1. The van der Waals surface area contributed by atoms with Crippen LogP contribution in [0.2, 0.25) is 0 Å². The molecule has 2 N–H and O–H groups in total. The summed E-state index contributed by atoms with van der Waals surface area (Å²) in [4.78, 5) is 15.2. The Morgan fingerprint density at radius 3 is 2.62 bits per heavy atom. The monoisotopic (exact) mass is 370 g/mol. The number of hydrogen-bond acceptors (Lipinski definition) is 4. The summed E-state index contributed by atoms with van der Waals surface area (Å²) in [6.07, 6.45) is 5.63. The number of aromatic carboxylic acids is 1. The van der Waals surface area contributed by atoms with E-state index in [4.69, 9.17) is 9.84 Å². The van der Waals surface area contributed by atoms with Crippen molar-refractivity contribution >= 4 is 30.8 Å². The van der Waals surface area contributed by atoms with Crippen molar-refractivity contribution in [1.82, 2.24) is 10.3 Å². The first kappa shape index (κ1) is 20.2. The molecule has 1 saturated carbocycles. The minimum absolute atomic E-state index is 0. The van der Waals surface area contributed by atoms with Crippen LogP contribution in [0.5, 0.6) is 5.75 Å². The van der Waals surface area contributed by atoms with Crippen LogP contribution in [0.15, 0.2) is 42.7 Å². The van der Waals surface area contributed by atoms with Crippen molar-refractivity contribution in [3.63, 3.8) is 0 Å². The number of halogens is 2. The van der Waals surface area contributed by atoms with Gasteiger partial charge in [-0.3, -0.25) is 4.98 Å². The third-order valence-corrected chi connectivity index (χ3v) is 4.06. The van der Waals surface area contributed by atoms with Gasteiger partial charge in [-0.1, -0.05) is 12.1 Å². The number of carbonyl (C=O) groups is 1. The molecule has 24 heavy (non-hydrogen) atoms. The second-order valence-electron chi connectivity index (χ2n) is 5.61. The standard InChI is InChI=1S/C17H18N2O3.2ClH/c1-18-17(5-6-17)11-22-15-8-14(9-19-10-15)12-3-2-4-13(7-12)16(20)21;;/h2-4,7-10,18H,5-6,11H2,1H3,(H,20,21);2*1H. The molecule has 130 valence electrons. The molecule has 0 bridgehead atoms. The molecule has 3 rings (SSSR count). The second-order valence-corrected chi connectivity index (χ2v) is 5.61. The molecule has 7 heteroatoms. The summed E-state index contributed by atoms with van der Waals surface area (Å²) in [7, 11) is 1.95. The van der Waals surface area contributed by atoms with E-state index in [1.165, 1.54) is 0 Å². The molecule has 0 unspecified atom stereocenters. The number of rotatable bonds is 6. The highest BCUT2D eigenvalue weighted by Gasteiger charge is 2.41. The lowest BCUT2D eigenvalue weighted by Gasteiger charge is -2.15. The molecule has 0 radical (unpaired) electrons. The quantitative estimate of drug-likeness (QED) is 0.814. The Morgan fingerprint density at radius 1 is 1.25 bits per heavy atom. The number of likely N-dealkylation sites (N-methyl/N-ethyl adjacent to an activating group) is 1. The summed E-state index contributed by atoms with van der Waals surface area (Å²) in [6, 6.07) is 8.69. The van der Waals surface area contributed by atoms with Crippen LogP contribution < -0.4 is 10.1 Å². The van der Waals surface area contributed by atoms with E-state index in [0.29, 0.717) is 12.4 Å². The average molecular weight is 371 g/mol. The van der Waals surface area contributed by atoms with E-state index < -0.39 is 5.97 Å². The number of pyridine rings is 1. The predicted octanol–water partition coefficient (Wildman–Crippen LogP) is 3.42. The number of carboxylic acids is 1. The maximum Gasteiger partial charge on any atom is 0.335 e. The molecule has 0 saturated heterocycles. The van der Waals surface area contributed by atoms with Crippen molar-refractivity contribution in [3.8, 4) is 16.9 Å². The van der Waals surface area contributed by atoms with Gasteiger partial charge in [-0.15, -0.1) is 24.8 Å². The molecular formula is C17H20Cl2N2O3. The Labute approximate surface area is 153 Å². The van der Waals surface area contributed by atoms with Gasteiger partial charge in [0.1, 0.15) is 12.4 Å². The van der Waals surface area contributed by atoms with E-state index in [1.807, 2.05) is 19.2 Å². The Hall–Kier alpha value is -1.82. The van der Waals surface area contributed by atoms with Crippen LogP contribution in [0.3, 0.4) is 0 Å². The molecule has 1 heterocycles. The fourth-order valence-electron chi connectivity index (χ4n) is 2.33. The summed E-state index contributed by atoms with van der Waals surface area (Å²) in [5.74, 6) is -0.244. The summed E-state index contributed by atoms with van der Waals surface area (Å²) in [6.45, 7) is 0.615. The summed E-state index contributed by atoms with van der Waals surface area (Å²) < 4.78 is 5.82. The lowest BCUT2D eigenvalue weighted by atomic mass is 10.0. The predicted molar refractivity (Wildman–Crippen MR) is 97.6 cm³/mol. The van der Waals surface area contributed by atoms with E-state index in [-0.39, 0.29) is 35.9 Å². The zero-order valence-corrected chi connectivity index (χ0v) is 14.8. The average Bonchev–Trinajstić information content (AvgIpc) is 3.34. The smallest absolute Gasteiger partial charge is 0.335 e. The highest BCUT2D eigenvalue weighted by Crippen LogP contribution is 2.35. The molecular weight excluding hydrogens is 351 g/mol. The fraction of sp³-hybridized carbons (Fsp3) is 0.294. The minimum Gasteiger partial charge on any atom is -0.490 e. The molecule has 1 aromatic carbocycles. The van der Waals surface area contributed by atoms with E-state index in [2.05, 4.69) is 10.3 Å². The molecule has 1 aromatic heterocycles. The van der Waals surface area contributed by atoms with Gasteiger partial charge < -0.3 is 15.2 Å². The van der Waals surface area contributed by atoms with E-state index >= 15 is 0 Å². The highest BCUT2D eigenvalue weighted by atomic mass is 35.5. The Morgan fingerprint density at radius 2 is 2.00 bits per heavy atom. The van der Waals surface area contributed by atoms with Gasteiger partial charge in [0, 0.05) is 11.8 Å². The highest BCUT2D eigenvalue weighted by molar-refractivity contribution is 5.89. The number of hydrogen-bond donors (Lipinski definition) is 2. The van der Waals surface area contributed by atoms with Crippen LogP contribution in [0.1, 0.15) is 23.2 Å². The van der Waals surface area contributed by atoms with Crippen LogP contribution in [0.25, 0.3) is 11.1 Å². The van der Waals surface area contributed by atoms with Crippen molar-refractivity contribution in [2.24, 2.45) is 0 Å². The molecule has 1 aliphatic rings. The van der Waals surface area contributed by atoms with Crippen molar-refractivity contribution in [2.75, 3.05) is 13.7 Å². The molecule has 1 fully saturated rings. The SMILES string of the molecule is CNC1(COc2cncc(-c3cccc(C(=O)O)c3)c2)CC1.Cl.Cl. The molecule has 1 aliphatic carbocycles. The second kappa shape index (κ2) is 8.33. The maximum atomic E-state index is 11.1. The van der Waals surface area contributed by atoms with Crippen LogP contribution in [-0.2, 0) is 0 Å². The lowest BCUT2D eigenvalue weighted by molar-refractivity contribution is 0.0697. The van der Waals surface area contributed by atoms with Crippen molar-refractivity contribution in [2.45, 2.75) is 18.4 Å². The van der Waals surface area contributed by atoms with Gasteiger partial charge in [-0.05, 0) is 43.7 Å². The van der Waals surface area contributed by atoms with Gasteiger partial charge in [-0.25, -0.2) is 4.79 Å². The minimum atomic E-state index is -0.938. The van der Waals surface area contributed by atoms with E-state index in [0.717, 1.165) is 24.0 Å². The molecule has 0 amide bonds. The Balaban J connectivity index is 0.00000144. The lowest BCUT2D eigenvalue weighted by Crippen LogP contribution is -2.33. The molecule has 0 spiro atoms. The third kappa shape index (κ3) is 4.60. The first-order chi connectivity index (χ1) is 10.6. The van der Waals surface area contributed by atoms with Gasteiger partial charge in [0.15, 0.2) is 0 Å². The van der Waals surface area contributed by atoms with Crippen LogP contribution in [0.4, 0.5) is 0 Å². The number of carboxylic acid groups (broad SMARTS) is 1. The Kier molecular flexibility index (Phi) is 7.02. The maximum absolute atomic E-state index is 11.1. The van der Waals surface area contributed by atoms with Gasteiger partial charge >= 0.3 is 5.97 Å². The summed E-state index contributed by atoms with van der Waals surface area (Å²) >= 11 is 0. The number of benzene rings is 1. The topological polar surface area (TPSA) is 71.5 Å². The van der Waals surface area contributed by atoms with Crippen LogP contribution >= 0.6 is 24.8 Å². The van der Waals surface area contributed by atoms with Crippen LogP contribution in [-0.4, -0.2) is 35.3 Å². The molecule has 0 aliphatic heterocycles. The number of ether oxygens (including phenoxy) is 1. The normalized spacial score (nSPS) is 14.0. The van der Waals surface area contributed by atoms with Crippen molar-refractivity contribution < 1.29 is 14.6 Å².